The van der Waals surface area contributed by atoms with Crippen LogP contribution in [0.4, 0.5) is 15.8 Å². The Labute approximate surface area is 168 Å². The first kappa shape index (κ1) is 17.6. The first-order valence-electron chi connectivity index (χ1n) is 8.84. The fourth-order valence-corrected chi connectivity index (χ4v) is 4.54. The van der Waals surface area contributed by atoms with Crippen molar-refractivity contribution in [3.05, 3.63) is 73.5 Å². The van der Waals surface area contributed by atoms with Crippen LogP contribution in [0.15, 0.2) is 52.3 Å². The van der Waals surface area contributed by atoms with Crippen LogP contribution in [-0.2, 0) is 11.5 Å². The fourth-order valence-electron chi connectivity index (χ4n) is 3.48. The molecule has 1 N–H and O–H groups in total. The molecule has 0 fully saturated rings. The lowest BCUT2D eigenvalue weighted by atomic mass is 10.1. The number of methoxy groups -OCH3 is 1. The Morgan fingerprint density at radius 2 is 1.97 bits per heavy atom. The Morgan fingerprint density at radius 1 is 1.17 bits per heavy atom. The minimum absolute atomic E-state index is 0.197. The van der Waals surface area contributed by atoms with Crippen molar-refractivity contribution in [3.63, 3.8) is 0 Å². The second kappa shape index (κ2) is 6.56. The molecule has 1 amide bonds. The van der Waals surface area contributed by atoms with Crippen molar-refractivity contribution in [2.45, 2.75) is 6.67 Å². The van der Waals surface area contributed by atoms with Gasteiger partial charge in [-0.25, -0.2) is 9.38 Å². The molecule has 3 heterocycles. The molecule has 2 aliphatic heterocycles. The van der Waals surface area contributed by atoms with Crippen molar-refractivity contribution in [1.82, 2.24) is 4.57 Å². The molecule has 0 bridgehead atoms. The second-order valence-electron chi connectivity index (χ2n) is 6.64. The van der Waals surface area contributed by atoms with E-state index in [0.29, 0.717) is 29.4 Å². The molecule has 146 valence electrons. The van der Waals surface area contributed by atoms with Gasteiger partial charge in [-0.05, 0) is 42.5 Å². The summed E-state index contributed by atoms with van der Waals surface area (Å²) in [6.45, 7) is 0.698. The van der Waals surface area contributed by atoms with Crippen molar-refractivity contribution in [2.24, 2.45) is 4.99 Å². The minimum Gasteiger partial charge on any atom is -0.497 e. The van der Waals surface area contributed by atoms with Gasteiger partial charge in [-0.3, -0.25) is 14.2 Å². The summed E-state index contributed by atoms with van der Waals surface area (Å²) in [6, 6.07) is 11.5. The maximum atomic E-state index is 13.7. The zero-order chi connectivity index (χ0) is 20.1. The number of carbonyl (C=O) groups is 1. The SMILES string of the molecule is COc1ccc(N2CN=c3sc(=C4C(=O)Nc5ccc(F)cc54)c(=O)n3C2)cc1. The van der Waals surface area contributed by atoms with E-state index in [1.165, 1.54) is 22.8 Å². The standard InChI is InChI=1S/C20H15FN4O3S/c1-28-13-5-3-12(4-6-13)24-9-22-20-25(10-24)19(27)17(29-20)16-14-8-11(21)2-7-15(14)23-18(16)26/h2-8H,9-10H2,1H3,(H,23,26). The van der Waals surface area contributed by atoms with Gasteiger partial charge in [0.05, 0.1) is 12.7 Å². The smallest absolute Gasteiger partial charge is 0.272 e. The summed E-state index contributed by atoms with van der Waals surface area (Å²) in [5.41, 5.74) is 1.69. The Morgan fingerprint density at radius 3 is 2.72 bits per heavy atom. The van der Waals surface area contributed by atoms with E-state index in [2.05, 4.69) is 10.3 Å². The van der Waals surface area contributed by atoms with Gasteiger partial charge in [0, 0.05) is 16.9 Å². The number of anilines is 2. The zero-order valence-electron chi connectivity index (χ0n) is 15.3. The van der Waals surface area contributed by atoms with E-state index in [0.717, 1.165) is 22.8 Å². The van der Waals surface area contributed by atoms with Crippen LogP contribution >= 0.6 is 11.3 Å². The molecule has 5 rings (SSSR count). The highest BCUT2D eigenvalue weighted by Crippen LogP contribution is 2.30. The molecule has 0 saturated heterocycles. The van der Waals surface area contributed by atoms with Crippen LogP contribution in [0.1, 0.15) is 5.56 Å². The van der Waals surface area contributed by atoms with Gasteiger partial charge in [-0.15, -0.1) is 0 Å². The van der Waals surface area contributed by atoms with Crippen LogP contribution in [0.3, 0.4) is 0 Å². The molecular formula is C20H15FN4O3S. The fraction of sp³-hybridized carbons (Fsp3) is 0.150. The number of amides is 1. The van der Waals surface area contributed by atoms with E-state index in [4.69, 9.17) is 4.74 Å². The molecule has 2 aliphatic rings. The molecule has 0 atom stereocenters. The topological polar surface area (TPSA) is 75.9 Å². The van der Waals surface area contributed by atoms with Gasteiger partial charge < -0.3 is 15.0 Å². The zero-order valence-corrected chi connectivity index (χ0v) is 16.1. The molecule has 0 radical (unpaired) electrons. The van der Waals surface area contributed by atoms with E-state index >= 15 is 0 Å². The van der Waals surface area contributed by atoms with Gasteiger partial charge >= 0.3 is 0 Å². The lowest BCUT2D eigenvalue weighted by Crippen LogP contribution is -2.43. The van der Waals surface area contributed by atoms with Crippen molar-refractivity contribution in [2.75, 3.05) is 24.0 Å². The Balaban J connectivity index is 1.61. The van der Waals surface area contributed by atoms with Gasteiger partial charge in [-0.1, -0.05) is 11.3 Å². The molecule has 0 spiro atoms. The highest BCUT2D eigenvalue weighted by Gasteiger charge is 2.28. The number of ether oxygens (including phenoxy) is 1. The van der Waals surface area contributed by atoms with Gasteiger partial charge in [0.2, 0.25) is 0 Å². The van der Waals surface area contributed by atoms with E-state index in [1.807, 2.05) is 29.2 Å². The van der Waals surface area contributed by atoms with Gasteiger partial charge in [0.25, 0.3) is 11.5 Å². The predicted molar refractivity (Wildman–Crippen MR) is 107 cm³/mol. The number of benzene rings is 2. The first-order valence-corrected chi connectivity index (χ1v) is 9.65. The second-order valence-corrected chi connectivity index (χ2v) is 7.62. The summed E-state index contributed by atoms with van der Waals surface area (Å²) in [7, 11) is 1.60. The van der Waals surface area contributed by atoms with Gasteiger partial charge in [-0.2, -0.15) is 0 Å². The lowest BCUT2D eigenvalue weighted by molar-refractivity contribution is -0.110. The Hall–Kier alpha value is -3.46. The van der Waals surface area contributed by atoms with Crippen LogP contribution in [-0.4, -0.2) is 24.3 Å². The number of fused-ring (bicyclic) bond motifs is 2. The number of rotatable bonds is 2. The third-order valence-electron chi connectivity index (χ3n) is 4.94. The number of halogens is 1. The number of aromatic nitrogens is 1. The van der Waals surface area contributed by atoms with Crippen LogP contribution < -0.4 is 29.8 Å². The number of hydrogen-bond donors (Lipinski definition) is 1. The van der Waals surface area contributed by atoms with Crippen molar-refractivity contribution in [1.29, 1.82) is 0 Å². The molecule has 1 aromatic heterocycles. The highest BCUT2D eigenvalue weighted by molar-refractivity contribution is 7.07. The molecule has 0 aliphatic carbocycles. The number of hydrogen-bond acceptors (Lipinski definition) is 6. The maximum absolute atomic E-state index is 13.7. The van der Waals surface area contributed by atoms with E-state index in [9.17, 15) is 14.0 Å². The predicted octanol–water partition coefficient (Wildman–Crippen LogP) is 1.26. The molecular weight excluding hydrogens is 395 g/mol. The summed E-state index contributed by atoms with van der Waals surface area (Å²) in [5.74, 6) is -0.128. The molecule has 7 nitrogen and oxygen atoms in total. The molecule has 9 heteroatoms. The molecule has 0 unspecified atom stereocenters. The summed E-state index contributed by atoms with van der Waals surface area (Å²) in [4.78, 5) is 32.6. The average Bonchev–Trinajstić information content (AvgIpc) is 3.23. The monoisotopic (exact) mass is 410 g/mol. The van der Waals surface area contributed by atoms with Gasteiger partial charge in [0.15, 0.2) is 4.80 Å². The molecule has 29 heavy (non-hydrogen) atoms. The molecule has 0 saturated carbocycles. The Kier molecular flexibility index (Phi) is 3.99. The largest absolute Gasteiger partial charge is 0.497 e. The van der Waals surface area contributed by atoms with E-state index < -0.39 is 11.7 Å². The third-order valence-corrected chi connectivity index (χ3v) is 6.06. The van der Waals surface area contributed by atoms with E-state index in [1.54, 1.807) is 7.11 Å². The van der Waals surface area contributed by atoms with Crippen LogP contribution in [0, 0.1) is 5.82 Å². The summed E-state index contributed by atoms with van der Waals surface area (Å²) in [5, 5.41) is 2.69. The quantitative estimate of drug-likeness (QED) is 0.690. The van der Waals surface area contributed by atoms with E-state index in [-0.39, 0.29) is 15.7 Å². The maximum Gasteiger partial charge on any atom is 0.272 e. The van der Waals surface area contributed by atoms with Gasteiger partial charge in [0.1, 0.15) is 29.4 Å². The number of carbonyl (C=O) groups excluding carboxylic acids is 1. The van der Waals surface area contributed by atoms with Crippen LogP contribution in [0.5, 0.6) is 5.75 Å². The molecule has 3 aromatic rings. The van der Waals surface area contributed by atoms with Crippen molar-refractivity contribution >= 4 is 34.2 Å². The summed E-state index contributed by atoms with van der Waals surface area (Å²) < 4.78 is 20.7. The number of nitrogens with zero attached hydrogens (tertiary/aromatic N) is 3. The lowest BCUT2D eigenvalue weighted by Gasteiger charge is -2.25. The van der Waals surface area contributed by atoms with Crippen molar-refractivity contribution < 1.29 is 13.9 Å². The molecule has 2 aromatic carbocycles. The Bertz CT molecular complexity index is 1330. The van der Waals surface area contributed by atoms with Crippen LogP contribution in [0.25, 0.3) is 5.57 Å². The number of thiazole rings is 1. The summed E-state index contributed by atoms with van der Waals surface area (Å²) >= 11 is 1.15. The highest BCUT2D eigenvalue weighted by atomic mass is 32.1. The first-order chi connectivity index (χ1) is 14.0. The average molecular weight is 410 g/mol. The summed E-state index contributed by atoms with van der Waals surface area (Å²) in [6.07, 6.45) is 0. The third kappa shape index (κ3) is 2.82. The minimum atomic E-state index is -0.463. The van der Waals surface area contributed by atoms with Crippen molar-refractivity contribution in [3.8, 4) is 5.75 Å². The number of nitrogens with one attached hydrogen (secondary N) is 1. The normalized spacial score (nSPS) is 16.8. The van der Waals surface area contributed by atoms with Crippen LogP contribution in [0.2, 0.25) is 0 Å².